The van der Waals surface area contributed by atoms with Gasteiger partial charge in [0.15, 0.2) is 11.3 Å². The Bertz CT molecular complexity index is 987. The number of carbonyl (C=O) groups excluding carboxylic acids is 1. The molecule has 7 nitrogen and oxygen atoms in total. The third kappa shape index (κ3) is 3.10. The van der Waals surface area contributed by atoms with E-state index >= 15 is 0 Å². The monoisotopic (exact) mass is 372 g/mol. The number of rotatable bonds is 4. The second-order valence-corrected chi connectivity index (χ2v) is 7.43. The van der Waals surface area contributed by atoms with E-state index in [1.807, 2.05) is 13.8 Å². The molecule has 1 fully saturated rings. The van der Waals surface area contributed by atoms with Crippen LogP contribution < -0.4 is 5.32 Å². The number of nitrogens with zero attached hydrogens (tertiary/aromatic N) is 5. The molecule has 4 heterocycles. The van der Waals surface area contributed by atoms with Gasteiger partial charge in [0, 0.05) is 19.3 Å². The summed E-state index contributed by atoms with van der Waals surface area (Å²) in [4.78, 5) is 31.6. The molecule has 1 amide bonds. The maximum absolute atomic E-state index is 13.4. The third-order valence-corrected chi connectivity index (χ3v) is 5.25. The number of anilines is 1. The Balaban J connectivity index is 1.69. The van der Waals surface area contributed by atoms with Crippen LogP contribution in [0.4, 0.5) is 10.3 Å². The summed E-state index contributed by atoms with van der Waals surface area (Å²) in [5.74, 6) is -0.213. The standard InChI is InChI=1S/C17H17FN6OS/c1-9(11-6-12(18)8-19-7-11)20-17-22-13(16(25)24-4-3-5-24)14-15(23-17)21-10(2)26-14/h6-9H,3-5H2,1-2H3,(H,20,22,23)/t9-/m0/s1. The first-order chi connectivity index (χ1) is 12.5. The molecule has 4 rings (SSSR count). The molecule has 0 aliphatic carbocycles. The van der Waals surface area contributed by atoms with E-state index in [2.05, 4.69) is 25.3 Å². The number of aromatic nitrogens is 4. The second-order valence-electron chi connectivity index (χ2n) is 6.23. The molecule has 26 heavy (non-hydrogen) atoms. The van der Waals surface area contributed by atoms with Crippen molar-refractivity contribution in [2.75, 3.05) is 18.4 Å². The van der Waals surface area contributed by atoms with Crippen molar-refractivity contribution in [1.29, 1.82) is 0 Å². The smallest absolute Gasteiger partial charge is 0.274 e. The Morgan fingerprint density at radius 2 is 2.12 bits per heavy atom. The lowest BCUT2D eigenvalue weighted by molar-refractivity contribution is 0.0648. The molecule has 9 heteroatoms. The van der Waals surface area contributed by atoms with E-state index in [9.17, 15) is 9.18 Å². The van der Waals surface area contributed by atoms with E-state index in [4.69, 9.17) is 0 Å². The van der Waals surface area contributed by atoms with E-state index in [0.717, 1.165) is 30.7 Å². The van der Waals surface area contributed by atoms with Gasteiger partial charge in [-0.05, 0) is 31.9 Å². The maximum Gasteiger partial charge on any atom is 0.274 e. The first-order valence-electron chi connectivity index (χ1n) is 8.32. The van der Waals surface area contributed by atoms with Crippen LogP contribution in [0.2, 0.25) is 0 Å². The van der Waals surface area contributed by atoms with Crippen molar-refractivity contribution in [3.05, 3.63) is 40.5 Å². The Morgan fingerprint density at radius 3 is 2.81 bits per heavy atom. The number of pyridine rings is 1. The summed E-state index contributed by atoms with van der Waals surface area (Å²) in [5.41, 5.74) is 1.53. The van der Waals surface area contributed by atoms with Gasteiger partial charge in [-0.3, -0.25) is 9.78 Å². The van der Waals surface area contributed by atoms with Gasteiger partial charge in [-0.1, -0.05) is 0 Å². The number of fused-ring (bicyclic) bond motifs is 1. The minimum atomic E-state index is -0.406. The number of aryl methyl sites for hydroxylation is 1. The van der Waals surface area contributed by atoms with E-state index in [1.165, 1.54) is 17.4 Å². The quantitative estimate of drug-likeness (QED) is 0.758. The van der Waals surface area contributed by atoms with Gasteiger partial charge in [0.05, 0.1) is 17.2 Å². The van der Waals surface area contributed by atoms with Crippen molar-refractivity contribution in [1.82, 2.24) is 24.8 Å². The molecule has 1 aliphatic heterocycles. The van der Waals surface area contributed by atoms with Gasteiger partial charge in [0.2, 0.25) is 5.95 Å². The van der Waals surface area contributed by atoms with E-state index < -0.39 is 5.82 Å². The average molecular weight is 372 g/mol. The first-order valence-corrected chi connectivity index (χ1v) is 9.14. The predicted octanol–water partition coefficient (Wildman–Crippen LogP) is 2.95. The molecule has 0 unspecified atom stereocenters. The Labute approximate surface area is 153 Å². The second kappa shape index (κ2) is 6.56. The SMILES string of the molecule is Cc1nc2nc(N[C@@H](C)c3cncc(F)c3)nc(C(=O)N3CCC3)c2s1. The zero-order valence-electron chi connectivity index (χ0n) is 14.4. The highest BCUT2D eigenvalue weighted by molar-refractivity contribution is 7.18. The van der Waals surface area contributed by atoms with Crippen molar-refractivity contribution < 1.29 is 9.18 Å². The molecule has 3 aromatic heterocycles. The Kier molecular flexibility index (Phi) is 4.23. The molecule has 0 saturated carbocycles. The van der Waals surface area contributed by atoms with Gasteiger partial charge in [-0.2, -0.15) is 4.98 Å². The van der Waals surface area contributed by atoms with Crippen molar-refractivity contribution in [2.24, 2.45) is 0 Å². The summed E-state index contributed by atoms with van der Waals surface area (Å²) >= 11 is 1.41. The normalized spacial score (nSPS) is 15.0. The molecule has 1 aliphatic rings. The lowest BCUT2D eigenvalue weighted by Crippen LogP contribution is -2.42. The van der Waals surface area contributed by atoms with E-state index in [1.54, 1.807) is 11.1 Å². The highest BCUT2D eigenvalue weighted by Gasteiger charge is 2.27. The van der Waals surface area contributed by atoms with Crippen molar-refractivity contribution in [3.8, 4) is 0 Å². The van der Waals surface area contributed by atoms with Crippen LogP contribution in [0.25, 0.3) is 10.3 Å². The van der Waals surface area contributed by atoms with Crippen molar-refractivity contribution in [2.45, 2.75) is 26.3 Å². The van der Waals surface area contributed by atoms with Crippen LogP contribution in [0.5, 0.6) is 0 Å². The molecular formula is C17H17FN6OS. The van der Waals surface area contributed by atoms with Crippen LogP contribution in [0, 0.1) is 12.7 Å². The summed E-state index contributed by atoms with van der Waals surface area (Å²) < 4.78 is 14.1. The van der Waals surface area contributed by atoms with Crippen LogP contribution in [-0.2, 0) is 0 Å². The van der Waals surface area contributed by atoms with Crippen LogP contribution in [0.1, 0.15) is 40.4 Å². The van der Waals surface area contributed by atoms with Crippen molar-refractivity contribution >= 4 is 33.5 Å². The van der Waals surface area contributed by atoms with Crippen LogP contribution in [-0.4, -0.2) is 43.8 Å². The zero-order chi connectivity index (χ0) is 18.3. The molecular weight excluding hydrogens is 355 g/mol. The van der Waals surface area contributed by atoms with E-state index in [0.29, 0.717) is 27.6 Å². The lowest BCUT2D eigenvalue weighted by Gasteiger charge is -2.30. The van der Waals surface area contributed by atoms with Crippen LogP contribution in [0.3, 0.4) is 0 Å². The van der Waals surface area contributed by atoms with Crippen LogP contribution in [0.15, 0.2) is 18.5 Å². The Hall–Kier alpha value is -2.68. The molecule has 3 aromatic rings. The number of amides is 1. The van der Waals surface area contributed by atoms with Gasteiger partial charge in [0.25, 0.3) is 5.91 Å². The molecule has 0 bridgehead atoms. The topological polar surface area (TPSA) is 83.9 Å². The Morgan fingerprint density at radius 1 is 1.31 bits per heavy atom. The predicted molar refractivity (Wildman–Crippen MR) is 96.7 cm³/mol. The fourth-order valence-electron chi connectivity index (χ4n) is 2.75. The van der Waals surface area contributed by atoms with Gasteiger partial charge in [-0.25, -0.2) is 14.4 Å². The summed E-state index contributed by atoms with van der Waals surface area (Å²) in [5, 5.41) is 3.95. The van der Waals surface area contributed by atoms with Gasteiger partial charge in [-0.15, -0.1) is 11.3 Å². The fraction of sp³-hybridized carbons (Fsp3) is 0.353. The molecule has 134 valence electrons. The summed E-state index contributed by atoms with van der Waals surface area (Å²) in [6.45, 7) is 5.22. The number of nitrogens with one attached hydrogen (secondary N) is 1. The number of hydrogen-bond acceptors (Lipinski definition) is 7. The molecule has 1 atom stereocenters. The molecule has 0 radical (unpaired) electrons. The number of halogens is 1. The number of likely N-dealkylation sites (tertiary alicyclic amines) is 1. The summed E-state index contributed by atoms with van der Waals surface area (Å²) in [7, 11) is 0. The van der Waals surface area contributed by atoms with Gasteiger partial charge in [0.1, 0.15) is 10.5 Å². The van der Waals surface area contributed by atoms with Gasteiger partial charge >= 0.3 is 0 Å². The highest BCUT2D eigenvalue weighted by atomic mass is 32.1. The molecule has 0 spiro atoms. The van der Waals surface area contributed by atoms with Gasteiger partial charge < -0.3 is 10.2 Å². The lowest BCUT2D eigenvalue weighted by atomic mass is 10.1. The average Bonchev–Trinajstić information content (AvgIpc) is 2.92. The summed E-state index contributed by atoms with van der Waals surface area (Å²) in [6.07, 6.45) is 3.75. The number of carbonyl (C=O) groups is 1. The van der Waals surface area contributed by atoms with E-state index in [-0.39, 0.29) is 11.9 Å². The van der Waals surface area contributed by atoms with Crippen molar-refractivity contribution in [3.63, 3.8) is 0 Å². The fourth-order valence-corrected chi connectivity index (χ4v) is 3.59. The minimum absolute atomic E-state index is 0.101. The maximum atomic E-state index is 13.4. The summed E-state index contributed by atoms with van der Waals surface area (Å²) in [6, 6.07) is 1.13. The minimum Gasteiger partial charge on any atom is -0.348 e. The highest BCUT2D eigenvalue weighted by Crippen LogP contribution is 2.27. The largest absolute Gasteiger partial charge is 0.348 e. The number of hydrogen-bond donors (Lipinski definition) is 1. The molecule has 1 N–H and O–H groups in total. The molecule has 0 aromatic carbocycles. The third-order valence-electron chi connectivity index (χ3n) is 4.28. The number of thiazole rings is 1. The molecule has 1 saturated heterocycles. The zero-order valence-corrected chi connectivity index (χ0v) is 15.2. The first kappa shape index (κ1) is 16.8. The van der Waals surface area contributed by atoms with Crippen LogP contribution >= 0.6 is 11.3 Å².